The zero-order chi connectivity index (χ0) is 22.8. The average Bonchev–Trinajstić information content (AvgIpc) is 3.27. The summed E-state index contributed by atoms with van der Waals surface area (Å²) in [6, 6.07) is 24.0. The number of amides is 1. The van der Waals surface area contributed by atoms with E-state index in [4.69, 9.17) is 14.1 Å². The van der Waals surface area contributed by atoms with Crippen molar-refractivity contribution in [1.29, 1.82) is 0 Å². The fourth-order valence-electron chi connectivity index (χ4n) is 3.65. The first kappa shape index (κ1) is 20.9. The molecule has 5 rings (SSSR count). The van der Waals surface area contributed by atoms with Crippen molar-refractivity contribution in [3.05, 3.63) is 100 Å². The third-order valence-corrected chi connectivity index (χ3v) is 6.25. The normalized spacial score (nSPS) is 11.1. The Balaban J connectivity index is 1.63. The molecule has 33 heavy (non-hydrogen) atoms. The van der Waals surface area contributed by atoms with Gasteiger partial charge in [-0.25, -0.2) is 9.78 Å². The first-order valence-electron chi connectivity index (χ1n) is 10.5. The van der Waals surface area contributed by atoms with Gasteiger partial charge < -0.3 is 9.15 Å². The molecule has 2 heterocycles. The Morgan fingerprint density at radius 1 is 1.03 bits per heavy atom. The Bertz CT molecular complexity index is 1510. The molecule has 6 nitrogen and oxygen atoms in total. The van der Waals surface area contributed by atoms with E-state index < -0.39 is 11.5 Å². The smallest absolute Gasteiger partial charge is 0.349 e. The van der Waals surface area contributed by atoms with Crippen LogP contribution in [0.15, 0.2) is 88.1 Å². The molecule has 0 aliphatic carbocycles. The van der Waals surface area contributed by atoms with Crippen molar-refractivity contribution in [3.8, 4) is 5.75 Å². The molecule has 2 aromatic heterocycles. The molecule has 0 saturated carbocycles. The third-order valence-electron chi connectivity index (χ3n) is 5.20. The zero-order valence-corrected chi connectivity index (χ0v) is 18.7. The van der Waals surface area contributed by atoms with Crippen LogP contribution in [0.3, 0.4) is 0 Å². The van der Waals surface area contributed by atoms with E-state index in [0.717, 1.165) is 10.3 Å². The topological polar surface area (TPSA) is 72.6 Å². The SMILES string of the molecule is CCOc1cccc2sc(N(Cc3ccccc3)C(=O)c3cc4ccccc4oc3=O)nc12. The third kappa shape index (κ3) is 4.10. The second-order valence-corrected chi connectivity index (χ2v) is 8.40. The number of anilines is 1. The Labute approximate surface area is 193 Å². The van der Waals surface area contributed by atoms with Gasteiger partial charge in [0.2, 0.25) is 0 Å². The summed E-state index contributed by atoms with van der Waals surface area (Å²) < 4.78 is 12.0. The predicted molar refractivity (Wildman–Crippen MR) is 130 cm³/mol. The summed E-state index contributed by atoms with van der Waals surface area (Å²) in [4.78, 5) is 32.7. The predicted octanol–water partition coefficient (Wildman–Crippen LogP) is 5.65. The van der Waals surface area contributed by atoms with Crippen molar-refractivity contribution in [2.75, 3.05) is 11.5 Å². The molecule has 164 valence electrons. The molecule has 0 unspecified atom stereocenters. The number of rotatable bonds is 6. The Hall–Kier alpha value is -3.97. The first-order chi connectivity index (χ1) is 16.1. The highest BCUT2D eigenvalue weighted by Gasteiger charge is 2.25. The number of thiazole rings is 1. The van der Waals surface area contributed by atoms with E-state index >= 15 is 0 Å². The fourth-order valence-corrected chi connectivity index (χ4v) is 4.63. The van der Waals surface area contributed by atoms with E-state index in [0.29, 0.717) is 34.0 Å². The summed E-state index contributed by atoms with van der Waals surface area (Å²) in [5.74, 6) is 0.199. The molecule has 0 radical (unpaired) electrons. The number of hydrogen-bond acceptors (Lipinski definition) is 6. The van der Waals surface area contributed by atoms with Gasteiger partial charge in [0, 0.05) is 5.39 Å². The van der Waals surface area contributed by atoms with Crippen LogP contribution >= 0.6 is 11.3 Å². The van der Waals surface area contributed by atoms with Crippen molar-refractivity contribution in [3.63, 3.8) is 0 Å². The van der Waals surface area contributed by atoms with E-state index in [-0.39, 0.29) is 12.1 Å². The van der Waals surface area contributed by atoms with Crippen molar-refractivity contribution in [1.82, 2.24) is 4.98 Å². The number of nitrogens with zero attached hydrogens (tertiary/aromatic N) is 2. The number of hydrogen-bond donors (Lipinski definition) is 0. The van der Waals surface area contributed by atoms with Gasteiger partial charge in [-0.2, -0.15) is 0 Å². The molecule has 0 aliphatic heterocycles. The molecule has 0 bridgehead atoms. The summed E-state index contributed by atoms with van der Waals surface area (Å²) in [6.07, 6.45) is 0. The first-order valence-corrected chi connectivity index (χ1v) is 11.4. The number of benzene rings is 3. The van der Waals surface area contributed by atoms with Crippen LogP contribution in [0.25, 0.3) is 21.2 Å². The molecular weight excluding hydrogens is 436 g/mol. The lowest BCUT2D eigenvalue weighted by Crippen LogP contribution is -2.33. The van der Waals surface area contributed by atoms with Crippen LogP contribution in [0.5, 0.6) is 5.75 Å². The van der Waals surface area contributed by atoms with Gasteiger partial charge in [0.15, 0.2) is 5.13 Å². The lowest BCUT2D eigenvalue weighted by atomic mass is 10.1. The summed E-state index contributed by atoms with van der Waals surface area (Å²) in [7, 11) is 0. The largest absolute Gasteiger partial charge is 0.492 e. The maximum Gasteiger partial charge on any atom is 0.349 e. The lowest BCUT2D eigenvalue weighted by Gasteiger charge is -2.19. The monoisotopic (exact) mass is 456 g/mol. The van der Waals surface area contributed by atoms with E-state index in [1.807, 2.05) is 67.6 Å². The van der Waals surface area contributed by atoms with Crippen molar-refractivity contribution < 1.29 is 13.9 Å². The van der Waals surface area contributed by atoms with E-state index in [1.165, 1.54) is 16.2 Å². The number of ether oxygens (including phenoxy) is 1. The molecule has 7 heteroatoms. The minimum absolute atomic E-state index is 0.0334. The summed E-state index contributed by atoms with van der Waals surface area (Å²) >= 11 is 1.38. The van der Waals surface area contributed by atoms with Crippen LogP contribution in [-0.4, -0.2) is 17.5 Å². The van der Waals surface area contributed by atoms with Gasteiger partial charge in [0.25, 0.3) is 5.91 Å². The molecule has 0 fully saturated rings. The van der Waals surface area contributed by atoms with Crippen LogP contribution in [0, 0.1) is 0 Å². The standard InChI is InChI=1S/C26H20N2O4S/c1-2-31-21-13-8-14-22-23(21)27-26(33-22)28(16-17-9-4-3-5-10-17)24(29)19-15-18-11-6-7-12-20(18)32-25(19)30/h3-15H,2,16H2,1H3. The second kappa shape index (κ2) is 8.88. The molecule has 0 N–H and O–H groups in total. The highest BCUT2D eigenvalue weighted by atomic mass is 32.1. The highest BCUT2D eigenvalue weighted by Crippen LogP contribution is 2.35. The lowest BCUT2D eigenvalue weighted by molar-refractivity contribution is 0.0981. The summed E-state index contributed by atoms with van der Waals surface area (Å²) in [6.45, 7) is 2.68. The van der Waals surface area contributed by atoms with Gasteiger partial charge in [-0.15, -0.1) is 0 Å². The quantitative estimate of drug-likeness (QED) is 0.309. The number of fused-ring (bicyclic) bond motifs is 2. The van der Waals surface area contributed by atoms with Crippen LogP contribution < -0.4 is 15.3 Å². The number of aromatic nitrogens is 1. The van der Waals surface area contributed by atoms with E-state index in [1.54, 1.807) is 18.2 Å². The molecule has 1 amide bonds. The van der Waals surface area contributed by atoms with Gasteiger partial charge in [-0.3, -0.25) is 9.69 Å². The second-order valence-electron chi connectivity index (χ2n) is 7.39. The molecule has 0 saturated heterocycles. The molecule has 0 spiro atoms. The molecule has 3 aromatic carbocycles. The summed E-state index contributed by atoms with van der Waals surface area (Å²) in [5.41, 5.74) is 1.34. The zero-order valence-electron chi connectivity index (χ0n) is 17.9. The minimum Gasteiger partial charge on any atom is -0.492 e. The van der Waals surface area contributed by atoms with Crippen molar-refractivity contribution in [2.45, 2.75) is 13.5 Å². The fraction of sp³-hybridized carbons (Fsp3) is 0.115. The average molecular weight is 457 g/mol. The van der Waals surface area contributed by atoms with E-state index in [2.05, 4.69) is 0 Å². The van der Waals surface area contributed by atoms with Crippen molar-refractivity contribution in [2.24, 2.45) is 0 Å². The van der Waals surface area contributed by atoms with Crippen LogP contribution in [0.1, 0.15) is 22.8 Å². The van der Waals surface area contributed by atoms with Gasteiger partial charge in [-0.05, 0) is 36.8 Å². The van der Waals surface area contributed by atoms with Gasteiger partial charge >= 0.3 is 5.63 Å². The molecule has 0 atom stereocenters. The van der Waals surface area contributed by atoms with Crippen LogP contribution in [0.4, 0.5) is 5.13 Å². The van der Waals surface area contributed by atoms with Crippen LogP contribution in [0.2, 0.25) is 0 Å². The highest BCUT2D eigenvalue weighted by molar-refractivity contribution is 7.22. The Morgan fingerprint density at radius 3 is 2.64 bits per heavy atom. The van der Waals surface area contributed by atoms with Gasteiger partial charge in [0.05, 0.1) is 17.9 Å². The Morgan fingerprint density at radius 2 is 1.82 bits per heavy atom. The number of carbonyl (C=O) groups is 1. The van der Waals surface area contributed by atoms with Crippen LogP contribution in [-0.2, 0) is 6.54 Å². The maximum atomic E-state index is 13.7. The maximum absolute atomic E-state index is 13.7. The Kier molecular flexibility index (Phi) is 5.62. The van der Waals surface area contributed by atoms with Gasteiger partial charge in [-0.1, -0.05) is 65.9 Å². The number of carbonyl (C=O) groups excluding carboxylic acids is 1. The van der Waals surface area contributed by atoms with Crippen molar-refractivity contribution >= 4 is 43.6 Å². The molecule has 0 aliphatic rings. The summed E-state index contributed by atoms with van der Waals surface area (Å²) in [5, 5.41) is 1.17. The molecular formula is C26H20N2O4S. The van der Waals surface area contributed by atoms with Gasteiger partial charge in [0.1, 0.15) is 22.4 Å². The van der Waals surface area contributed by atoms with E-state index in [9.17, 15) is 9.59 Å². The molecule has 5 aromatic rings. The minimum atomic E-state index is -0.673. The number of para-hydroxylation sites is 2.